The van der Waals surface area contributed by atoms with Crippen molar-refractivity contribution in [3.63, 3.8) is 0 Å². The number of ether oxygens (including phenoxy) is 1. The number of sulfone groups is 1. The highest BCUT2D eigenvalue weighted by Gasteiger charge is 2.11. The fourth-order valence-corrected chi connectivity index (χ4v) is 2.21. The van der Waals surface area contributed by atoms with Crippen LogP contribution in [0.2, 0.25) is 0 Å². The van der Waals surface area contributed by atoms with Gasteiger partial charge in [-0.05, 0) is 24.6 Å². The van der Waals surface area contributed by atoms with E-state index in [1.165, 1.54) is 12.1 Å². The average Bonchev–Trinajstić information content (AvgIpc) is 2.38. The molecule has 0 aliphatic carbocycles. The Morgan fingerprint density at radius 1 is 1.35 bits per heavy atom. The van der Waals surface area contributed by atoms with Gasteiger partial charge in [-0.1, -0.05) is 12.1 Å². The van der Waals surface area contributed by atoms with Gasteiger partial charge in [0.1, 0.15) is 0 Å². The fraction of sp³-hybridized carbons (Fsp3) is 0.462. The average molecular weight is 301 g/mol. The van der Waals surface area contributed by atoms with Crippen molar-refractivity contribution < 1.29 is 23.1 Å². The maximum atomic E-state index is 11.3. The lowest BCUT2D eigenvalue weighted by atomic mass is 10.1. The molecule has 0 spiro atoms. The molecule has 1 unspecified atom stereocenters. The van der Waals surface area contributed by atoms with E-state index in [2.05, 4.69) is 5.32 Å². The maximum Gasteiger partial charge on any atom is 0.319 e. The van der Waals surface area contributed by atoms with Gasteiger partial charge >= 0.3 is 5.97 Å². The maximum absolute atomic E-state index is 11.3. The molecule has 0 aliphatic heterocycles. The normalized spacial score (nSPS) is 12.9. The summed E-state index contributed by atoms with van der Waals surface area (Å²) < 4.78 is 27.3. The standard InChI is InChI=1S/C13H19NO5S/c1-3-19-13(16)9-14-8-12(15)10-4-6-11(7-5-10)20(2,17)18/h4-7,12,14-15H,3,8-9H2,1-2H3. The Hall–Kier alpha value is -1.44. The highest BCUT2D eigenvalue weighted by molar-refractivity contribution is 7.90. The molecule has 6 nitrogen and oxygen atoms in total. The van der Waals surface area contributed by atoms with Crippen LogP contribution < -0.4 is 5.32 Å². The molecule has 1 atom stereocenters. The Morgan fingerprint density at radius 2 is 1.95 bits per heavy atom. The molecule has 7 heteroatoms. The topological polar surface area (TPSA) is 92.7 Å². The van der Waals surface area contributed by atoms with Gasteiger partial charge in [-0.15, -0.1) is 0 Å². The molecular formula is C13H19NO5S. The van der Waals surface area contributed by atoms with Crippen molar-refractivity contribution in [2.75, 3.05) is 26.0 Å². The van der Waals surface area contributed by atoms with Gasteiger partial charge in [-0.2, -0.15) is 0 Å². The van der Waals surface area contributed by atoms with Crippen molar-refractivity contribution >= 4 is 15.8 Å². The molecule has 0 saturated carbocycles. The van der Waals surface area contributed by atoms with Gasteiger partial charge in [-0.3, -0.25) is 4.79 Å². The number of rotatable bonds is 7. The second kappa shape index (κ2) is 7.37. The van der Waals surface area contributed by atoms with E-state index in [0.29, 0.717) is 12.2 Å². The lowest BCUT2D eigenvalue weighted by Gasteiger charge is -2.12. The lowest BCUT2D eigenvalue weighted by Crippen LogP contribution is -2.28. The third-order valence-corrected chi connectivity index (χ3v) is 3.73. The SMILES string of the molecule is CCOC(=O)CNCC(O)c1ccc(S(C)(=O)=O)cc1. The summed E-state index contributed by atoms with van der Waals surface area (Å²) in [7, 11) is -3.24. The zero-order chi connectivity index (χ0) is 15.2. The molecule has 0 bridgehead atoms. The molecule has 0 fully saturated rings. The zero-order valence-electron chi connectivity index (χ0n) is 11.5. The van der Waals surface area contributed by atoms with Crippen molar-refractivity contribution in [3.05, 3.63) is 29.8 Å². The molecule has 0 amide bonds. The Labute approximate surface area is 118 Å². The van der Waals surface area contributed by atoms with Crippen molar-refractivity contribution in [1.29, 1.82) is 0 Å². The molecule has 1 rings (SSSR count). The summed E-state index contributed by atoms with van der Waals surface area (Å²) in [6.45, 7) is 2.23. The van der Waals surface area contributed by atoms with Gasteiger partial charge < -0.3 is 15.2 Å². The highest BCUT2D eigenvalue weighted by atomic mass is 32.2. The van der Waals surface area contributed by atoms with E-state index in [1.54, 1.807) is 19.1 Å². The van der Waals surface area contributed by atoms with Gasteiger partial charge in [-0.25, -0.2) is 8.42 Å². The van der Waals surface area contributed by atoms with E-state index in [4.69, 9.17) is 4.74 Å². The van der Waals surface area contributed by atoms with Crippen molar-refractivity contribution in [2.24, 2.45) is 0 Å². The number of nitrogens with one attached hydrogen (secondary N) is 1. The number of benzene rings is 1. The van der Waals surface area contributed by atoms with Crippen LogP contribution in [0.1, 0.15) is 18.6 Å². The molecule has 1 aromatic carbocycles. The Balaban J connectivity index is 2.52. The number of hydrogen-bond acceptors (Lipinski definition) is 6. The minimum atomic E-state index is -3.24. The molecule has 0 aromatic heterocycles. The van der Waals surface area contributed by atoms with Crippen molar-refractivity contribution in [3.8, 4) is 0 Å². The monoisotopic (exact) mass is 301 g/mol. The zero-order valence-corrected chi connectivity index (χ0v) is 12.3. The molecule has 1 aromatic rings. The summed E-state index contributed by atoms with van der Waals surface area (Å²) in [6.07, 6.45) is 0.303. The van der Waals surface area contributed by atoms with E-state index in [9.17, 15) is 18.3 Å². The van der Waals surface area contributed by atoms with Gasteiger partial charge in [0, 0.05) is 12.8 Å². The van der Waals surface area contributed by atoms with Crippen LogP contribution in [0.3, 0.4) is 0 Å². The van der Waals surface area contributed by atoms with E-state index in [-0.39, 0.29) is 24.0 Å². The third kappa shape index (κ3) is 5.28. The number of aliphatic hydroxyl groups excluding tert-OH is 1. The summed E-state index contributed by atoms with van der Waals surface area (Å²) in [5, 5.41) is 12.7. The van der Waals surface area contributed by atoms with Crippen LogP contribution >= 0.6 is 0 Å². The minimum Gasteiger partial charge on any atom is -0.465 e. The number of carbonyl (C=O) groups is 1. The number of esters is 1. The quantitative estimate of drug-likeness (QED) is 0.703. The first-order valence-corrected chi connectivity index (χ1v) is 8.08. The van der Waals surface area contributed by atoms with Crippen LogP contribution in [0.4, 0.5) is 0 Å². The molecular weight excluding hydrogens is 282 g/mol. The molecule has 0 heterocycles. The summed E-state index contributed by atoms with van der Waals surface area (Å²) >= 11 is 0. The van der Waals surface area contributed by atoms with Crippen LogP contribution in [0.5, 0.6) is 0 Å². The second-order valence-corrected chi connectivity index (χ2v) is 6.31. The largest absolute Gasteiger partial charge is 0.465 e. The van der Waals surface area contributed by atoms with Crippen LogP contribution in [0.15, 0.2) is 29.2 Å². The first kappa shape index (κ1) is 16.6. The van der Waals surface area contributed by atoms with E-state index >= 15 is 0 Å². The van der Waals surface area contributed by atoms with E-state index in [0.717, 1.165) is 6.26 Å². The van der Waals surface area contributed by atoms with Gasteiger partial charge in [0.2, 0.25) is 0 Å². The lowest BCUT2D eigenvalue weighted by molar-refractivity contribution is -0.142. The Bertz CT molecular complexity index is 538. The Kier molecular flexibility index (Phi) is 6.12. The summed E-state index contributed by atoms with van der Waals surface area (Å²) in [5.74, 6) is -0.382. The molecule has 2 N–H and O–H groups in total. The van der Waals surface area contributed by atoms with Gasteiger partial charge in [0.05, 0.1) is 24.2 Å². The summed E-state index contributed by atoms with van der Waals surface area (Å²) in [5.41, 5.74) is 0.578. The molecule has 0 saturated heterocycles. The van der Waals surface area contributed by atoms with Crippen molar-refractivity contribution in [1.82, 2.24) is 5.32 Å². The van der Waals surface area contributed by atoms with E-state index in [1.807, 2.05) is 0 Å². The Morgan fingerprint density at radius 3 is 2.45 bits per heavy atom. The van der Waals surface area contributed by atoms with Crippen LogP contribution in [0.25, 0.3) is 0 Å². The van der Waals surface area contributed by atoms with Gasteiger partial charge in [0.25, 0.3) is 0 Å². The predicted octanol–water partition coefficient (Wildman–Crippen LogP) is 0.276. The summed E-state index contributed by atoms with van der Waals surface area (Å²) in [4.78, 5) is 11.3. The molecule has 0 aliphatic rings. The van der Waals surface area contributed by atoms with Gasteiger partial charge in [0.15, 0.2) is 9.84 Å². The fourth-order valence-electron chi connectivity index (χ4n) is 1.58. The third-order valence-electron chi connectivity index (χ3n) is 2.61. The van der Waals surface area contributed by atoms with E-state index < -0.39 is 15.9 Å². The van der Waals surface area contributed by atoms with Crippen LogP contribution in [0, 0.1) is 0 Å². The van der Waals surface area contributed by atoms with Crippen LogP contribution in [-0.4, -0.2) is 45.4 Å². The minimum absolute atomic E-state index is 0.0202. The summed E-state index contributed by atoms with van der Waals surface area (Å²) in [6, 6.07) is 5.98. The first-order chi connectivity index (χ1) is 9.34. The second-order valence-electron chi connectivity index (χ2n) is 4.29. The number of carbonyl (C=O) groups excluding carboxylic acids is 1. The molecule has 20 heavy (non-hydrogen) atoms. The highest BCUT2D eigenvalue weighted by Crippen LogP contribution is 2.15. The smallest absolute Gasteiger partial charge is 0.319 e. The molecule has 112 valence electrons. The number of hydrogen-bond donors (Lipinski definition) is 2. The first-order valence-electron chi connectivity index (χ1n) is 6.19. The number of aliphatic hydroxyl groups is 1. The molecule has 0 radical (unpaired) electrons. The predicted molar refractivity (Wildman–Crippen MR) is 74.0 cm³/mol. The van der Waals surface area contributed by atoms with Crippen LogP contribution in [-0.2, 0) is 19.4 Å². The van der Waals surface area contributed by atoms with Crippen molar-refractivity contribution in [2.45, 2.75) is 17.9 Å².